The molecule has 2 aromatic heterocycles. The monoisotopic (exact) mass is 488 g/mol. The number of nitrogens with one attached hydrogen (secondary N) is 1. The molecule has 1 aliphatic heterocycles. The van der Waals surface area contributed by atoms with Gasteiger partial charge in [-0.15, -0.1) is 0 Å². The van der Waals surface area contributed by atoms with Gasteiger partial charge in [0.25, 0.3) is 11.5 Å². The van der Waals surface area contributed by atoms with Crippen LogP contribution in [0.2, 0.25) is 0 Å². The van der Waals surface area contributed by atoms with Gasteiger partial charge in [-0.05, 0) is 46.5 Å². The van der Waals surface area contributed by atoms with Crippen molar-refractivity contribution in [3.63, 3.8) is 0 Å². The van der Waals surface area contributed by atoms with Crippen LogP contribution in [0.5, 0.6) is 0 Å². The van der Waals surface area contributed by atoms with E-state index in [1.165, 1.54) is 31.5 Å². The number of carbonyl (C=O) groups is 3. The summed E-state index contributed by atoms with van der Waals surface area (Å²) in [7, 11) is 0. The lowest BCUT2D eigenvalue weighted by molar-refractivity contribution is -0.122. The van der Waals surface area contributed by atoms with Crippen molar-refractivity contribution >= 4 is 23.6 Å². The zero-order chi connectivity index (χ0) is 25.8. The number of carbonyl (C=O) groups excluding carboxylic acids is 3. The van der Waals surface area contributed by atoms with Crippen LogP contribution in [0, 0.1) is 5.92 Å². The number of primary amides is 2. The van der Waals surface area contributed by atoms with Crippen LogP contribution in [0.3, 0.4) is 0 Å². The zero-order valence-corrected chi connectivity index (χ0v) is 20.7. The van der Waals surface area contributed by atoms with E-state index in [2.05, 4.69) is 10.1 Å². The third-order valence-electron chi connectivity index (χ3n) is 6.37. The fourth-order valence-electron chi connectivity index (χ4n) is 4.56. The van der Waals surface area contributed by atoms with Crippen molar-refractivity contribution < 1.29 is 19.1 Å². The molecule has 0 bridgehead atoms. The highest BCUT2D eigenvalue weighted by Gasteiger charge is 2.29. The molecule has 2 aromatic rings. The number of hydrogen-bond acceptors (Lipinski definition) is 6. The van der Waals surface area contributed by atoms with Crippen molar-refractivity contribution in [3.8, 4) is 0 Å². The van der Waals surface area contributed by atoms with E-state index in [1.54, 1.807) is 9.42 Å². The molecule has 192 valence electrons. The van der Waals surface area contributed by atoms with Crippen molar-refractivity contribution in [2.75, 3.05) is 13.1 Å². The Kier molecular flexibility index (Phi) is 8.18. The Labute approximate surface area is 204 Å². The van der Waals surface area contributed by atoms with Crippen molar-refractivity contribution in [1.82, 2.24) is 19.5 Å². The first-order chi connectivity index (χ1) is 16.5. The number of hydrogen-bond donors (Lipinski definition) is 3. The van der Waals surface area contributed by atoms with Gasteiger partial charge in [-0.25, -0.2) is 9.31 Å². The van der Waals surface area contributed by atoms with Gasteiger partial charge in [-0.3, -0.25) is 14.4 Å². The average Bonchev–Trinajstić information content (AvgIpc) is 3.22. The average molecular weight is 489 g/mol. The molecule has 0 spiro atoms. The number of nitrogens with zero attached hydrogens (tertiary/aromatic N) is 3. The normalized spacial score (nSPS) is 17.5. The summed E-state index contributed by atoms with van der Waals surface area (Å²) in [6, 6.07) is 1.48. The summed E-state index contributed by atoms with van der Waals surface area (Å²) in [6.07, 6.45) is 8.07. The van der Waals surface area contributed by atoms with Gasteiger partial charge in [0.2, 0.25) is 5.91 Å². The van der Waals surface area contributed by atoms with Gasteiger partial charge in [0.05, 0.1) is 11.9 Å². The van der Waals surface area contributed by atoms with Crippen LogP contribution in [0.4, 0.5) is 4.79 Å². The van der Waals surface area contributed by atoms with Crippen molar-refractivity contribution in [2.45, 2.75) is 77.2 Å². The molecule has 4 rings (SSSR count). The van der Waals surface area contributed by atoms with E-state index in [0.29, 0.717) is 37.3 Å². The summed E-state index contributed by atoms with van der Waals surface area (Å²) < 4.78 is 6.95. The molecule has 11 heteroatoms. The van der Waals surface area contributed by atoms with Gasteiger partial charge in [0.1, 0.15) is 16.8 Å². The van der Waals surface area contributed by atoms with E-state index in [0.717, 1.165) is 12.8 Å². The number of aromatic amines is 1. The Hall–Kier alpha value is -3.37. The summed E-state index contributed by atoms with van der Waals surface area (Å²) in [4.78, 5) is 50.6. The Bertz CT molecular complexity index is 1120. The molecule has 0 atom stereocenters. The Morgan fingerprint density at radius 2 is 1.69 bits per heavy atom. The molecule has 0 aromatic carbocycles. The highest BCUT2D eigenvalue weighted by molar-refractivity contribution is 5.98. The van der Waals surface area contributed by atoms with Crippen LogP contribution in [-0.2, 0) is 9.53 Å². The molecule has 5 N–H and O–H groups in total. The fraction of sp³-hybridized carbons (Fsp3) is 0.625. The van der Waals surface area contributed by atoms with E-state index < -0.39 is 11.5 Å². The van der Waals surface area contributed by atoms with Crippen LogP contribution >= 0.6 is 0 Å². The van der Waals surface area contributed by atoms with Crippen LogP contribution < -0.4 is 17.0 Å². The maximum absolute atomic E-state index is 12.2. The number of likely N-dealkylation sites (tertiary alicyclic amines) is 1. The molecule has 1 aliphatic carbocycles. The molecular formula is C24H36N6O5. The molecule has 0 unspecified atom stereocenters. The van der Waals surface area contributed by atoms with E-state index in [4.69, 9.17) is 16.2 Å². The second-order valence-corrected chi connectivity index (χ2v) is 10.2. The van der Waals surface area contributed by atoms with Crippen LogP contribution in [0.25, 0.3) is 5.65 Å². The van der Waals surface area contributed by atoms with E-state index in [9.17, 15) is 19.2 Å². The smallest absolute Gasteiger partial charge is 0.410 e. The standard InChI is InChI=1S/C17H23N5O4.C7H13NO/c1-17(2,3)26-16(25)21-6-4-10(5-7-21)12-8-13(23)20-15-11(14(18)24)9-19-22(12)15;8-7(9)6-4-2-1-3-5-6/h8-10H,4-7H2,1-3H3,(H2,18,24)(H,20,23);6H,1-5H2,(H2,8,9). The minimum atomic E-state index is -0.646. The molecule has 3 amide bonds. The van der Waals surface area contributed by atoms with Crippen LogP contribution in [-0.4, -0.2) is 56.1 Å². The molecule has 3 heterocycles. The zero-order valence-electron chi connectivity index (χ0n) is 20.7. The fourth-order valence-corrected chi connectivity index (χ4v) is 4.56. The molecule has 1 saturated carbocycles. The number of H-pyrrole nitrogens is 1. The minimum absolute atomic E-state index is 0.0408. The number of aromatic nitrogens is 3. The van der Waals surface area contributed by atoms with Crippen molar-refractivity contribution in [2.24, 2.45) is 17.4 Å². The predicted octanol–water partition coefficient (Wildman–Crippen LogP) is 2.29. The lowest BCUT2D eigenvalue weighted by atomic mass is 9.89. The van der Waals surface area contributed by atoms with E-state index in [1.807, 2.05) is 20.8 Å². The highest BCUT2D eigenvalue weighted by Crippen LogP contribution is 2.28. The molecule has 2 fully saturated rings. The summed E-state index contributed by atoms with van der Waals surface area (Å²) in [5, 5.41) is 4.20. The first kappa shape index (κ1) is 26.2. The molecule has 35 heavy (non-hydrogen) atoms. The lowest BCUT2D eigenvalue weighted by Gasteiger charge is -2.33. The first-order valence-electron chi connectivity index (χ1n) is 12.1. The maximum Gasteiger partial charge on any atom is 0.410 e. The number of amides is 3. The van der Waals surface area contributed by atoms with Gasteiger partial charge in [0, 0.05) is 31.0 Å². The summed E-state index contributed by atoms with van der Waals surface area (Å²) >= 11 is 0. The van der Waals surface area contributed by atoms with Crippen molar-refractivity contribution in [1.29, 1.82) is 0 Å². The summed E-state index contributed by atoms with van der Waals surface area (Å²) in [6.45, 7) is 6.55. The second kappa shape index (κ2) is 10.9. The van der Waals surface area contributed by atoms with Gasteiger partial charge >= 0.3 is 6.09 Å². The summed E-state index contributed by atoms with van der Waals surface area (Å²) in [5.74, 6) is -0.514. The van der Waals surface area contributed by atoms with Gasteiger partial charge < -0.3 is 26.1 Å². The third-order valence-corrected chi connectivity index (χ3v) is 6.37. The number of piperidine rings is 1. The van der Waals surface area contributed by atoms with Gasteiger partial charge in [-0.2, -0.15) is 5.10 Å². The Balaban J connectivity index is 0.000000320. The Morgan fingerprint density at radius 1 is 1.06 bits per heavy atom. The van der Waals surface area contributed by atoms with Crippen LogP contribution in [0.1, 0.15) is 87.7 Å². The molecule has 1 saturated heterocycles. The number of nitrogens with two attached hydrogens (primary N) is 2. The quantitative estimate of drug-likeness (QED) is 0.599. The van der Waals surface area contributed by atoms with Crippen LogP contribution in [0.15, 0.2) is 17.1 Å². The predicted molar refractivity (Wildman–Crippen MR) is 130 cm³/mol. The van der Waals surface area contributed by atoms with Gasteiger partial charge in [-0.1, -0.05) is 19.3 Å². The first-order valence-corrected chi connectivity index (χ1v) is 12.1. The second-order valence-electron chi connectivity index (χ2n) is 10.2. The van der Waals surface area contributed by atoms with E-state index in [-0.39, 0.29) is 35.0 Å². The third kappa shape index (κ3) is 6.83. The molecule has 11 nitrogen and oxygen atoms in total. The maximum atomic E-state index is 12.2. The lowest BCUT2D eigenvalue weighted by Crippen LogP contribution is -2.41. The summed E-state index contributed by atoms with van der Waals surface area (Å²) in [5.41, 5.74) is 10.8. The molecule has 2 aliphatic rings. The minimum Gasteiger partial charge on any atom is -0.444 e. The molecule has 0 radical (unpaired) electrons. The number of fused-ring (bicyclic) bond motifs is 1. The van der Waals surface area contributed by atoms with Gasteiger partial charge in [0.15, 0.2) is 0 Å². The topological polar surface area (TPSA) is 166 Å². The number of rotatable bonds is 3. The van der Waals surface area contributed by atoms with E-state index >= 15 is 0 Å². The van der Waals surface area contributed by atoms with Crippen molar-refractivity contribution in [3.05, 3.63) is 33.9 Å². The molecular weight excluding hydrogens is 452 g/mol. The highest BCUT2D eigenvalue weighted by atomic mass is 16.6. The largest absolute Gasteiger partial charge is 0.444 e. The number of ether oxygens (including phenoxy) is 1. The Morgan fingerprint density at radius 3 is 2.20 bits per heavy atom. The SMILES string of the molecule is CC(C)(C)OC(=O)N1CCC(c2cc(=O)[nH]c3c(C(N)=O)cnn23)CC1.NC(=O)C1CCCCC1.